The summed E-state index contributed by atoms with van der Waals surface area (Å²) in [6.45, 7) is 6.15. The molecule has 0 amide bonds. The number of hydrogen-bond donors (Lipinski definition) is 1. The van der Waals surface area contributed by atoms with Crippen molar-refractivity contribution in [2.75, 3.05) is 26.7 Å². The molecule has 0 aromatic carbocycles. The molecular weight excluding hydrogens is 250 g/mol. The second-order valence-electron chi connectivity index (χ2n) is 5.68. The lowest BCUT2D eigenvalue weighted by molar-refractivity contribution is 0.0266. The molecule has 0 bridgehead atoms. The largest absolute Gasteiger partial charge is 0.372 e. The molecule has 2 heterocycles. The number of pyridine rings is 1. The maximum atomic E-state index is 6.09. The van der Waals surface area contributed by atoms with Crippen molar-refractivity contribution in [2.45, 2.75) is 44.9 Å². The molecule has 2 atom stereocenters. The molecule has 0 saturated carbocycles. The standard InChI is InChI=1S/C16H27N3O/c1-3-9-17-11-15-7-8-16(20-15)13-19(2)12-14-6-4-5-10-18-14/h4-6,10,15-17H,3,7-9,11-13H2,1-2H3. The van der Waals surface area contributed by atoms with Crippen molar-refractivity contribution in [3.05, 3.63) is 30.1 Å². The van der Waals surface area contributed by atoms with Gasteiger partial charge in [-0.2, -0.15) is 0 Å². The zero-order valence-electron chi connectivity index (χ0n) is 12.7. The Morgan fingerprint density at radius 2 is 2.20 bits per heavy atom. The summed E-state index contributed by atoms with van der Waals surface area (Å²) in [7, 11) is 2.14. The van der Waals surface area contributed by atoms with E-state index in [4.69, 9.17) is 4.74 Å². The third-order valence-corrected chi connectivity index (χ3v) is 3.67. The van der Waals surface area contributed by atoms with Crippen molar-refractivity contribution in [3.8, 4) is 0 Å². The van der Waals surface area contributed by atoms with Gasteiger partial charge in [-0.15, -0.1) is 0 Å². The molecule has 2 rings (SSSR count). The van der Waals surface area contributed by atoms with Crippen LogP contribution in [0.1, 0.15) is 31.9 Å². The third-order valence-electron chi connectivity index (χ3n) is 3.67. The minimum atomic E-state index is 0.372. The summed E-state index contributed by atoms with van der Waals surface area (Å²) in [6.07, 6.45) is 6.16. The molecule has 0 radical (unpaired) electrons. The molecule has 1 fully saturated rings. The van der Waals surface area contributed by atoms with E-state index in [0.717, 1.165) is 31.9 Å². The van der Waals surface area contributed by atoms with Crippen molar-refractivity contribution in [1.82, 2.24) is 15.2 Å². The highest BCUT2D eigenvalue weighted by molar-refractivity contribution is 5.03. The topological polar surface area (TPSA) is 37.4 Å². The fourth-order valence-corrected chi connectivity index (χ4v) is 2.68. The minimum absolute atomic E-state index is 0.372. The van der Waals surface area contributed by atoms with E-state index >= 15 is 0 Å². The van der Waals surface area contributed by atoms with Gasteiger partial charge in [0.1, 0.15) is 0 Å². The van der Waals surface area contributed by atoms with Gasteiger partial charge in [0.15, 0.2) is 0 Å². The van der Waals surface area contributed by atoms with Crippen LogP contribution in [0.4, 0.5) is 0 Å². The SMILES string of the molecule is CCCNCC1CCC(CN(C)Cc2ccccn2)O1. The number of ether oxygens (including phenoxy) is 1. The van der Waals surface area contributed by atoms with Gasteiger partial charge in [0.05, 0.1) is 17.9 Å². The summed E-state index contributed by atoms with van der Waals surface area (Å²) in [5.74, 6) is 0. The second-order valence-corrected chi connectivity index (χ2v) is 5.68. The van der Waals surface area contributed by atoms with Crippen LogP contribution in [0.2, 0.25) is 0 Å². The molecule has 1 aromatic heterocycles. The normalized spacial score (nSPS) is 22.6. The van der Waals surface area contributed by atoms with Crippen LogP contribution in [0.5, 0.6) is 0 Å². The first-order chi connectivity index (χ1) is 9.78. The van der Waals surface area contributed by atoms with E-state index in [1.165, 1.54) is 19.3 Å². The first kappa shape index (κ1) is 15.4. The Bertz CT molecular complexity index is 371. The Kier molecular flexibility index (Phi) is 6.43. The van der Waals surface area contributed by atoms with Gasteiger partial charge in [0, 0.05) is 25.8 Å². The van der Waals surface area contributed by atoms with E-state index in [2.05, 4.69) is 35.2 Å². The molecule has 2 unspecified atom stereocenters. The molecule has 1 aliphatic rings. The number of rotatable bonds is 8. The molecular formula is C16H27N3O. The van der Waals surface area contributed by atoms with Crippen LogP contribution in [0.25, 0.3) is 0 Å². The molecule has 0 spiro atoms. The lowest BCUT2D eigenvalue weighted by Gasteiger charge is -2.21. The summed E-state index contributed by atoms with van der Waals surface area (Å²) in [5, 5.41) is 3.44. The van der Waals surface area contributed by atoms with Crippen LogP contribution >= 0.6 is 0 Å². The van der Waals surface area contributed by atoms with Crippen LogP contribution < -0.4 is 5.32 Å². The molecule has 1 saturated heterocycles. The van der Waals surface area contributed by atoms with Gasteiger partial charge in [-0.25, -0.2) is 0 Å². The zero-order chi connectivity index (χ0) is 14.2. The number of aromatic nitrogens is 1. The van der Waals surface area contributed by atoms with E-state index in [9.17, 15) is 0 Å². The highest BCUT2D eigenvalue weighted by Gasteiger charge is 2.25. The van der Waals surface area contributed by atoms with Crippen LogP contribution in [-0.4, -0.2) is 48.8 Å². The van der Waals surface area contributed by atoms with Crippen LogP contribution in [0, 0.1) is 0 Å². The van der Waals surface area contributed by atoms with Crippen molar-refractivity contribution in [3.63, 3.8) is 0 Å². The van der Waals surface area contributed by atoms with Crippen LogP contribution in [-0.2, 0) is 11.3 Å². The zero-order valence-corrected chi connectivity index (χ0v) is 12.7. The first-order valence-corrected chi connectivity index (χ1v) is 7.72. The van der Waals surface area contributed by atoms with Crippen molar-refractivity contribution >= 4 is 0 Å². The average molecular weight is 277 g/mol. The average Bonchev–Trinajstić information content (AvgIpc) is 2.87. The van der Waals surface area contributed by atoms with Crippen LogP contribution in [0.15, 0.2) is 24.4 Å². The Morgan fingerprint density at radius 1 is 1.35 bits per heavy atom. The second kappa shape index (κ2) is 8.35. The molecule has 1 aromatic rings. The van der Waals surface area contributed by atoms with E-state index in [1.807, 2.05) is 18.3 Å². The molecule has 4 heteroatoms. The molecule has 20 heavy (non-hydrogen) atoms. The maximum absolute atomic E-state index is 6.09. The predicted molar refractivity (Wildman–Crippen MR) is 81.6 cm³/mol. The van der Waals surface area contributed by atoms with Crippen LogP contribution in [0.3, 0.4) is 0 Å². The van der Waals surface area contributed by atoms with Crippen molar-refractivity contribution in [1.29, 1.82) is 0 Å². The van der Waals surface area contributed by atoms with Crippen molar-refractivity contribution < 1.29 is 4.74 Å². The summed E-state index contributed by atoms with van der Waals surface area (Å²) in [5.41, 5.74) is 1.12. The number of nitrogens with zero attached hydrogens (tertiary/aromatic N) is 2. The lowest BCUT2D eigenvalue weighted by Crippen LogP contribution is -2.32. The molecule has 112 valence electrons. The summed E-state index contributed by atoms with van der Waals surface area (Å²) in [4.78, 5) is 6.67. The van der Waals surface area contributed by atoms with E-state index in [-0.39, 0.29) is 0 Å². The smallest absolute Gasteiger partial charge is 0.0707 e. The Labute approximate surface area is 122 Å². The quantitative estimate of drug-likeness (QED) is 0.738. The molecule has 0 aliphatic carbocycles. The monoisotopic (exact) mass is 277 g/mol. The predicted octanol–water partition coefficient (Wildman–Crippen LogP) is 2.06. The maximum Gasteiger partial charge on any atom is 0.0707 e. The van der Waals surface area contributed by atoms with E-state index in [0.29, 0.717) is 12.2 Å². The van der Waals surface area contributed by atoms with Gasteiger partial charge in [-0.05, 0) is 45.0 Å². The minimum Gasteiger partial charge on any atom is -0.372 e. The van der Waals surface area contributed by atoms with Gasteiger partial charge in [-0.3, -0.25) is 9.88 Å². The van der Waals surface area contributed by atoms with Gasteiger partial charge in [-0.1, -0.05) is 13.0 Å². The summed E-state index contributed by atoms with van der Waals surface area (Å²) >= 11 is 0. The highest BCUT2D eigenvalue weighted by Crippen LogP contribution is 2.20. The van der Waals surface area contributed by atoms with Gasteiger partial charge in [0.2, 0.25) is 0 Å². The molecule has 1 N–H and O–H groups in total. The third kappa shape index (κ3) is 5.19. The fraction of sp³-hybridized carbons (Fsp3) is 0.688. The fourth-order valence-electron chi connectivity index (χ4n) is 2.68. The Hall–Kier alpha value is -0.970. The van der Waals surface area contributed by atoms with E-state index < -0.39 is 0 Å². The Morgan fingerprint density at radius 3 is 2.95 bits per heavy atom. The number of nitrogens with one attached hydrogen (secondary N) is 1. The van der Waals surface area contributed by atoms with E-state index in [1.54, 1.807) is 0 Å². The van der Waals surface area contributed by atoms with Gasteiger partial charge >= 0.3 is 0 Å². The number of likely N-dealkylation sites (N-methyl/N-ethyl adjacent to an activating group) is 1. The summed E-state index contributed by atoms with van der Waals surface area (Å²) in [6, 6.07) is 6.07. The summed E-state index contributed by atoms with van der Waals surface area (Å²) < 4.78 is 6.09. The van der Waals surface area contributed by atoms with Gasteiger partial charge in [0.25, 0.3) is 0 Å². The highest BCUT2D eigenvalue weighted by atomic mass is 16.5. The van der Waals surface area contributed by atoms with Crippen molar-refractivity contribution in [2.24, 2.45) is 0 Å². The Balaban J connectivity index is 1.66. The van der Waals surface area contributed by atoms with Gasteiger partial charge < -0.3 is 10.1 Å². The molecule has 1 aliphatic heterocycles. The number of hydrogen-bond acceptors (Lipinski definition) is 4. The lowest BCUT2D eigenvalue weighted by atomic mass is 10.2. The molecule has 4 nitrogen and oxygen atoms in total. The first-order valence-electron chi connectivity index (χ1n) is 7.72.